The molecule has 1 aromatic carbocycles. The van der Waals surface area contributed by atoms with Gasteiger partial charge in [0.1, 0.15) is 0 Å². The number of hydrogen-bond donors (Lipinski definition) is 2. The Morgan fingerprint density at radius 2 is 2.03 bits per heavy atom. The first-order chi connectivity index (χ1) is 14.4. The number of nitrogens with zero attached hydrogens (tertiary/aromatic N) is 1. The van der Waals surface area contributed by atoms with Gasteiger partial charge < -0.3 is 20.1 Å². The fraction of sp³-hybridized carbons (Fsp3) is 0.500. The molecule has 1 aromatic rings. The number of rotatable bonds is 8. The molecule has 0 radical (unpaired) electrons. The Morgan fingerprint density at radius 3 is 2.58 bits per heavy atom. The second-order valence-corrected chi connectivity index (χ2v) is 9.74. The van der Waals surface area contributed by atoms with Crippen LogP contribution in [0.25, 0.3) is 0 Å². The van der Waals surface area contributed by atoms with E-state index in [-0.39, 0.29) is 24.4 Å². The number of aliphatic hydroxyl groups excluding tert-OH is 1. The summed E-state index contributed by atoms with van der Waals surface area (Å²) in [6, 6.07) is 5.59. The van der Waals surface area contributed by atoms with E-state index in [0.29, 0.717) is 5.02 Å². The number of urea groups is 1. The Bertz CT molecular complexity index is 888. The Hall–Kier alpha value is -2.31. The van der Waals surface area contributed by atoms with Gasteiger partial charge in [-0.25, -0.2) is 4.79 Å². The van der Waals surface area contributed by atoms with Crippen LogP contribution >= 0.6 is 11.6 Å². The van der Waals surface area contributed by atoms with Crippen molar-refractivity contribution in [1.29, 1.82) is 0 Å². The molecule has 170 valence electrons. The third-order valence-corrected chi connectivity index (χ3v) is 5.81. The van der Waals surface area contributed by atoms with Gasteiger partial charge in [0.05, 0.1) is 12.0 Å². The zero-order valence-corrected chi connectivity index (χ0v) is 19.8. The van der Waals surface area contributed by atoms with Crippen LogP contribution in [0.5, 0.6) is 0 Å². The Morgan fingerprint density at radius 1 is 1.35 bits per heavy atom. The summed E-state index contributed by atoms with van der Waals surface area (Å²) in [7, 11) is 0. The average molecular weight is 449 g/mol. The zero-order valence-electron chi connectivity index (χ0n) is 19.0. The van der Waals surface area contributed by atoms with Gasteiger partial charge in [-0.15, -0.1) is 0 Å². The van der Waals surface area contributed by atoms with E-state index in [9.17, 15) is 9.59 Å². The quantitative estimate of drug-likeness (QED) is 0.437. The van der Waals surface area contributed by atoms with E-state index >= 15 is 0 Å². The lowest BCUT2D eigenvalue weighted by Gasteiger charge is -2.41. The van der Waals surface area contributed by atoms with E-state index in [4.69, 9.17) is 16.7 Å². The molecular formula is C24H33ClN2O4. The summed E-state index contributed by atoms with van der Waals surface area (Å²) in [6.07, 6.45) is 3.59. The number of carbonyl (C=O) groups excluding carboxylic acids is 2. The Kier molecular flexibility index (Phi) is 7.95. The normalized spacial score (nSPS) is 19.0. The van der Waals surface area contributed by atoms with E-state index in [0.717, 1.165) is 35.1 Å². The fourth-order valence-electron chi connectivity index (χ4n) is 3.55. The van der Waals surface area contributed by atoms with E-state index in [1.165, 1.54) is 4.90 Å². The first kappa shape index (κ1) is 25.0. The number of aliphatic hydroxyl groups is 1. The number of halogens is 1. The molecule has 0 saturated heterocycles. The molecule has 0 bridgehead atoms. The van der Waals surface area contributed by atoms with Crippen molar-refractivity contribution >= 4 is 23.6 Å². The molecule has 1 aliphatic heterocycles. The summed E-state index contributed by atoms with van der Waals surface area (Å²) >= 11 is 6.61. The fourth-order valence-corrected chi connectivity index (χ4v) is 3.83. The van der Waals surface area contributed by atoms with Crippen LogP contribution in [0.3, 0.4) is 0 Å². The first-order valence-corrected chi connectivity index (χ1v) is 10.8. The van der Waals surface area contributed by atoms with E-state index in [1.54, 1.807) is 6.20 Å². The second-order valence-electron chi connectivity index (χ2n) is 9.33. The molecule has 7 heteroatoms. The minimum Gasteiger partial charge on any atom is -0.439 e. The zero-order chi connectivity index (χ0) is 23.4. The van der Waals surface area contributed by atoms with Crippen LogP contribution in [0.1, 0.15) is 58.6 Å². The third-order valence-electron chi connectivity index (χ3n) is 5.46. The van der Waals surface area contributed by atoms with Crippen molar-refractivity contribution in [3.8, 4) is 0 Å². The second kappa shape index (κ2) is 9.88. The number of aryl methyl sites for hydroxylation is 1. The first-order valence-electron chi connectivity index (χ1n) is 10.4. The van der Waals surface area contributed by atoms with Crippen molar-refractivity contribution in [3.63, 3.8) is 0 Å². The minimum atomic E-state index is -0.808. The number of benzene rings is 1. The van der Waals surface area contributed by atoms with Crippen molar-refractivity contribution in [1.82, 2.24) is 10.2 Å². The topological polar surface area (TPSA) is 78.9 Å². The summed E-state index contributed by atoms with van der Waals surface area (Å²) < 4.78 is 4.52. The van der Waals surface area contributed by atoms with Gasteiger partial charge in [-0.3, -0.25) is 4.79 Å². The van der Waals surface area contributed by atoms with Gasteiger partial charge in [0.15, 0.2) is 6.79 Å². The summed E-state index contributed by atoms with van der Waals surface area (Å²) in [6.45, 7) is 13.9. The van der Waals surface area contributed by atoms with E-state index in [2.05, 4.69) is 37.4 Å². The van der Waals surface area contributed by atoms with Crippen LogP contribution in [0.15, 0.2) is 42.1 Å². The molecule has 2 amide bonds. The molecule has 6 nitrogen and oxygen atoms in total. The minimum absolute atomic E-state index is 0.0288. The maximum Gasteiger partial charge on any atom is 0.322 e. The van der Waals surface area contributed by atoms with Gasteiger partial charge in [0.2, 0.25) is 0 Å². The molecule has 2 N–H and O–H groups in total. The molecular weight excluding hydrogens is 416 g/mol. The molecule has 0 saturated carbocycles. The number of amides is 2. The number of esters is 1. The Labute approximate surface area is 189 Å². The van der Waals surface area contributed by atoms with Crippen LogP contribution in [-0.2, 0) is 21.5 Å². The van der Waals surface area contributed by atoms with Crippen molar-refractivity contribution in [2.45, 2.75) is 59.4 Å². The van der Waals surface area contributed by atoms with Crippen LogP contribution in [-0.4, -0.2) is 35.3 Å². The standard InChI is InChI=1S/C24H33ClN2O4/c1-16(2)19-14-27(12-10-21(29)31-15-28)22(30)26-24(19,6)18-8-7-17(20(25)13-18)9-11-23(3,4)5/h7-8,13-14,28H,1,9-12,15H2,2-6H3,(H,26,30)/t24-/m0/s1. The van der Waals surface area contributed by atoms with E-state index in [1.807, 2.05) is 32.0 Å². The van der Waals surface area contributed by atoms with Gasteiger partial charge in [0, 0.05) is 23.3 Å². The number of hydrogen-bond acceptors (Lipinski definition) is 4. The molecule has 2 rings (SSSR count). The van der Waals surface area contributed by atoms with Crippen LogP contribution < -0.4 is 5.32 Å². The van der Waals surface area contributed by atoms with Crippen LogP contribution in [0, 0.1) is 5.41 Å². The smallest absolute Gasteiger partial charge is 0.322 e. The summed E-state index contributed by atoms with van der Waals surface area (Å²) in [5, 5.41) is 12.4. The highest BCUT2D eigenvalue weighted by atomic mass is 35.5. The monoisotopic (exact) mass is 448 g/mol. The highest BCUT2D eigenvalue weighted by Gasteiger charge is 2.39. The third kappa shape index (κ3) is 6.34. The number of ether oxygens (including phenoxy) is 1. The van der Waals surface area contributed by atoms with Gasteiger partial charge in [0.25, 0.3) is 0 Å². The SMILES string of the molecule is C=C(C)C1=CN(CCC(=O)OCO)C(=O)N[C@@]1(C)c1ccc(CCC(C)(C)C)c(Cl)c1. The predicted octanol–water partition coefficient (Wildman–Crippen LogP) is 4.90. The number of nitrogens with one attached hydrogen (secondary N) is 1. The maximum absolute atomic E-state index is 12.8. The molecule has 31 heavy (non-hydrogen) atoms. The van der Waals surface area contributed by atoms with Gasteiger partial charge >= 0.3 is 12.0 Å². The maximum atomic E-state index is 12.8. The molecule has 0 aliphatic carbocycles. The highest BCUT2D eigenvalue weighted by molar-refractivity contribution is 6.31. The molecule has 1 heterocycles. The average Bonchev–Trinajstić information content (AvgIpc) is 2.65. The van der Waals surface area contributed by atoms with Crippen molar-refractivity contribution in [2.75, 3.05) is 13.3 Å². The lowest BCUT2D eigenvalue weighted by atomic mass is 9.80. The van der Waals surface area contributed by atoms with E-state index < -0.39 is 18.3 Å². The summed E-state index contributed by atoms with van der Waals surface area (Å²) in [4.78, 5) is 25.8. The van der Waals surface area contributed by atoms with Gasteiger partial charge in [-0.1, -0.05) is 56.7 Å². The highest BCUT2D eigenvalue weighted by Crippen LogP contribution is 2.38. The van der Waals surface area contributed by atoms with Crippen LogP contribution in [0.2, 0.25) is 5.02 Å². The predicted molar refractivity (Wildman–Crippen MR) is 123 cm³/mol. The van der Waals surface area contributed by atoms with Crippen LogP contribution in [0.4, 0.5) is 4.79 Å². The number of carbonyl (C=O) groups is 2. The Balaban J connectivity index is 2.31. The molecule has 0 spiro atoms. The van der Waals surface area contributed by atoms with Crippen molar-refractivity contribution in [3.05, 3.63) is 58.3 Å². The summed E-state index contributed by atoms with van der Waals surface area (Å²) in [5.41, 5.74) is 2.96. The summed E-state index contributed by atoms with van der Waals surface area (Å²) in [5.74, 6) is -0.577. The molecule has 1 aliphatic rings. The van der Waals surface area contributed by atoms with Crippen molar-refractivity contribution in [2.24, 2.45) is 5.41 Å². The van der Waals surface area contributed by atoms with Crippen molar-refractivity contribution < 1.29 is 19.4 Å². The molecule has 0 unspecified atom stereocenters. The molecule has 1 atom stereocenters. The molecule has 0 aromatic heterocycles. The van der Waals surface area contributed by atoms with Gasteiger partial charge in [-0.2, -0.15) is 0 Å². The lowest BCUT2D eigenvalue weighted by molar-refractivity contribution is -0.151. The lowest BCUT2D eigenvalue weighted by Crippen LogP contribution is -2.54. The van der Waals surface area contributed by atoms with Gasteiger partial charge in [-0.05, 0) is 49.3 Å². The largest absolute Gasteiger partial charge is 0.439 e. The molecule has 0 fully saturated rings.